The fourth-order valence-corrected chi connectivity index (χ4v) is 3.00. The summed E-state index contributed by atoms with van der Waals surface area (Å²) in [6.45, 7) is 0. The molecular formula is C19H13N3O3S. The SMILES string of the molecule is O=C(Oc1cccc(Nc2nc(-c3ccccn3)cs2)c1)c1ccco1. The van der Waals surface area contributed by atoms with Crippen LogP contribution in [0.4, 0.5) is 10.8 Å². The van der Waals surface area contributed by atoms with Crippen molar-refractivity contribution in [1.29, 1.82) is 0 Å². The molecule has 0 saturated carbocycles. The highest BCUT2D eigenvalue weighted by Gasteiger charge is 2.12. The molecule has 3 heterocycles. The fraction of sp³-hybridized carbons (Fsp3) is 0. The number of thiazole rings is 1. The monoisotopic (exact) mass is 363 g/mol. The molecule has 0 aliphatic rings. The number of pyridine rings is 1. The molecule has 0 bridgehead atoms. The van der Waals surface area contributed by atoms with Crippen molar-refractivity contribution in [3.8, 4) is 17.1 Å². The van der Waals surface area contributed by atoms with E-state index in [9.17, 15) is 4.79 Å². The average molecular weight is 363 g/mol. The first kappa shape index (κ1) is 16.0. The summed E-state index contributed by atoms with van der Waals surface area (Å²) < 4.78 is 10.3. The van der Waals surface area contributed by atoms with Gasteiger partial charge in [-0.25, -0.2) is 9.78 Å². The van der Waals surface area contributed by atoms with E-state index < -0.39 is 5.97 Å². The smallest absolute Gasteiger partial charge is 0.379 e. The maximum atomic E-state index is 12.0. The first-order chi connectivity index (χ1) is 12.8. The van der Waals surface area contributed by atoms with Gasteiger partial charge in [0.2, 0.25) is 5.76 Å². The van der Waals surface area contributed by atoms with E-state index in [1.807, 2.05) is 29.6 Å². The lowest BCUT2D eigenvalue weighted by Gasteiger charge is -2.06. The topological polar surface area (TPSA) is 77.2 Å². The lowest BCUT2D eigenvalue weighted by Crippen LogP contribution is -2.07. The Morgan fingerprint density at radius 2 is 2.04 bits per heavy atom. The molecule has 0 aliphatic carbocycles. The standard InChI is InChI=1S/C19H13N3O3S/c23-18(17-8-4-10-24-17)25-14-6-3-5-13(11-14)21-19-22-16(12-26-19)15-7-1-2-9-20-15/h1-12H,(H,21,22). The Labute approximate surface area is 153 Å². The van der Waals surface area contributed by atoms with Gasteiger partial charge in [-0.1, -0.05) is 12.1 Å². The molecule has 0 unspecified atom stereocenters. The number of hydrogen-bond donors (Lipinski definition) is 1. The molecule has 7 heteroatoms. The van der Waals surface area contributed by atoms with Crippen molar-refractivity contribution in [1.82, 2.24) is 9.97 Å². The number of nitrogens with zero attached hydrogens (tertiary/aromatic N) is 2. The van der Waals surface area contributed by atoms with Crippen molar-refractivity contribution in [2.45, 2.75) is 0 Å². The Hall–Kier alpha value is -3.45. The zero-order valence-electron chi connectivity index (χ0n) is 13.5. The van der Waals surface area contributed by atoms with Crippen molar-refractivity contribution >= 4 is 28.1 Å². The molecule has 1 N–H and O–H groups in total. The van der Waals surface area contributed by atoms with E-state index >= 15 is 0 Å². The van der Waals surface area contributed by atoms with Gasteiger partial charge < -0.3 is 14.5 Å². The fourth-order valence-electron chi connectivity index (χ4n) is 2.28. The number of benzene rings is 1. The van der Waals surface area contributed by atoms with Crippen LogP contribution in [0.3, 0.4) is 0 Å². The van der Waals surface area contributed by atoms with Crippen LogP contribution in [-0.2, 0) is 0 Å². The predicted octanol–water partition coefficient (Wildman–Crippen LogP) is 4.76. The number of hydrogen-bond acceptors (Lipinski definition) is 7. The Kier molecular flexibility index (Phi) is 4.44. The average Bonchev–Trinajstić information content (AvgIpc) is 3.35. The second kappa shape index (κ2) is 7.20. The minimum Gasteiger partial charge on any atom is -0.457 e. The van der Waals surface area contributed by atoms with E-state index in [-0.39, 0.29) is 5.76 Å². The first-order valence-electron chi connectivity index (χ1n) is 7.78. The number of rotatable bonds is 5. The lowest BCUT2D eigenvalue weighted by atomic mass is 10.3. The molecule has 6 nitrogen and oxygen atoms in total. The van der Waals surface area contributed by atoms with Gasteiger partial charge in [-0.3, -0.25) is 4.98 Å². The molecule has 4 aromatic rings. The minimum absolute atomic E-state index is 0.156. The molecule has 0 atom stereocenters. The number of ether oxygens (including phenoxy) is 1. The molecule has 0 radical (unpaired) electrons. The zero-order valence-corrected chi connectivity index (χ0v) is 14.3. The van der Waals surface area contributed by atoms with Gasteiger partial charge in [-0.2, -0.15) is 0 Å². The van der Waals surface area contributed by atoms with Crippen LogP contribution in [0.15, 0.2) is 76.9 Å². The third-order valence-electron chi connectivity index (χ3n) is 3.45. The normalized spacial score (nSPS) is 10.5. The van der Waals surface area contributed by atoms with Gasteiger partial charge >= 0.3 is 5.97 Å². The molecule has 0 amide bonds. The summed E-state index contributed by atoms with van der Waals surface area (Å²) in [4.78, 5) is 20.8. The van der Waals surface area contributed by atoms with Crippen molar-refractivity contribution < 1.29 is 13.9 Å². The summed E-state index contributed by atoms with van der Waals surface area (Å²) in [6, 6.07) is 16.0. The Bertz CT molecular complexity index is 1010. The summed E-state index contributed by atoms with van der Waals surface area (Å²) in [6.07, 6.45) is 3.16. The summed E-state index contributed by atoms with van der Waals surface area (Å²) in [7, 11) is 0. The predicted molar refractivity (Wildman–Crippen MR) is 98.7 cm³/mol. The first-order valence-corrected chi connectivity index (χ1v) is 8.65. The largest absolute Gasteiger partial charge is 0.457 e. The number of nitrogens with one attached hydrogen (secondary N) is 1. The van der Waals surface area contributed by atoms with Gasteiger partial charge in [-0.05, 0) is 36.4 Å². The molecule has 0 fully saturated rings. The quantitative estimate of drug-likeness (QED) is 0.407. The van der Waals surface area contributed by atoms with Crippen LogP contribution in [-0.4, -0.2) is 15.9 Å². The molecule has 0 aliphatic heterocycles. The van der Waals surface area contributed by atoms with E-state index in [0.717, 1.165) is 22.2 Å². The highest BCUT2D eigenvalue weighted by molar-refractivity contribution is 7.14. The van der Waals surface area contributed by atoms with Crippen LogP contribution in [0, 0.1) is 0 Å². The number of anilines is 2. The molecule has 4 rings (SSSR count). The molecule has 0 saturated heterocycles. The Morgan fingerprint density at radius 3 is 2.85 bits per heavy atom. The van der Waals surface area contributed by atoms with Crippen LogP contribution in [0.1, 0.15) is 10.6 Å². The Morgan fingerprint density at radius 1 is 1.08 bits per heavy atom. The minimum atomic E-state index is -0.543. The van der Waals surface area contributed by atoms with Crippen LogP contribution in [0.25, 0.3) is 11.4 Å². The van der Waals surface area contributed by atoms with Gasteiger partial charge in [0, 0.05) is 23.3 Å². The van der Waals surface area contributed by atoms with Gasteiger partial charge in [-0.15, -0.1) is 11.3 Å². The molecule has 3 aromatic heterocycles. The van der Waals surface area contributed by atoms with Gasteiger partial charge in [0.1, 0.15) is 11.4 Å². The number of carbonyl (C=O) groups excluding carboxylic acids is 1. The maximum absolute atomic E-state index is 12.0. The highest BCUT2D eigenvalue weighted by Crippen LogP contribution is 2.27. The van der Waals surface area contributed by atoms with Gasteiger partial charge in [0.25, 0.3) is 0 Å². The van der Waals surface area contributed by atoms with Crippen molar-refractivity contribution in [3.63, 3.8) is 0 Å². The molecule has 128 valence electrons. The summed E-state index contributed by atoms with van der Waals surface area (Å²) >= 11 is 1.47. The second-order valence-corrected chi connectivity index (χ2v) is 6.13. The van der Waals surface area contributed by atoms with Crippen molar-refractivity contribution in [2.75, 3.05) is 5.32 Å². The van der Waals surface area contributed by atoms with Crippen LogP contribution in [0.2, 0.25) is 0 Å². The second-order valence-electron chi connectivity index (χ2n) is 5.27. The number of esters is 1. The van der Waals surface area contributed by atoms with Crippen LogP contribution < -0.4 is 10.1 Å². The van der Waals surface area contributed by atoms with E-state index in [0.29, 0.717) is 5.75 Å². The van der Waals surface area contributed by atoms with E-state index in [1.54, 1.807) is 36.5 Å². The molecule has 26 heavy (non-hydrogen) atoms. The molecule has 1 aromatic carbocycles. The third-order valence-corrected chi connectivity index (χ3v) is 4.21. The lowest BCUT2D eigenvalue weighted by molar-refractivity contribution is 0.0701. The van der Waals surface area contributed by atoms with Crippen molar-refractivity contribution in [3.05, 3.63) is 78.2 Å². The van der Waals surface area contributed by atoms with Gasteiger partial charge in [0.05, 0.1) is 12.0 Å². The van der Waals surface area contributed by atoms with E-state index in [2.05, 4.69) is 15.3 Å². The maximum Gasteiger partial charge on any atom is 0.379 e. The summed E-state index contributed by atoms with van der Waals surface area (Å²) in [5.74, 6) is 0.0278. The molecular weight excluding hydrogens is 350 g/mol. The van der Waals surface area contributed by atoms with Crippen LogP contribution in [0.5, 0.6) is 5.75 Å². The third kappa shape index (κ3) is 3.62. The van der Waals surface area contributed by atoms with E-state index in [4.69, 9.17) is 9.15 Å². The van der Waals surface area contributed by atoms with Gasteiger partial charge in [0.15, 0.2) is 5.13 Å². The Balaban J connectivity index is 1.47. The number of aromatic nitrogens is 2. The number of carbonyl (C=O) groups is 1. The van der Waals surface area contributed by atoms with Crippen molar-refractivity contribution in [2.24, 2.45) is 0 Å². The molecule has 0 spiro atoms. The number of furan rings is 1. The zero-order chi connectivity index (χ0) is 17.8. The summed E-state index contributed by atoms with van der Waals surface area (Å²) in [5.41, 5.74) is 2.38. The highest BCUT2D eigenvalue weighted by atomic mass is 32.1. The summed E-state index contributed by atoms with van der Waals surface area (Å²) in [5, 5.41) is 5.87. The van der Waals surface area contributed by atoms with Crippen LogP contribution >= 0.6 is 11.3 Å². The van der Waals surface area contributed by atoms with E-state index in [1.165, 1.54) is 17.6 Å².